The van der Waals surface area contributed by atoms with Gasteiger partial charge in [-0.25, -0.2) is 9.97 Å². The Kier molecular flexibility index (Phi) is 4.75. The van der Waals surface area contributed by atoms with Crippen molar-refractivity contribution >= 4 is 33.1 Å². The number of thiazole rings is 1. The molecule has 0 atom stereocenters. The Hall–Kier alpha value is -1.01. The first kappa shape index (κ1) is 15.4. The Morgan fingerprint density at radius 3 is 2.60 bits per heavy atom. The predicted octanol–water partition coefficient (Wildman–Crippen LogP) is 4.48. The molecule has 0 unspecified atom stereocenters. The van der Waals surface area contributed by atoms with Gasteiger partial charge >= 0.3 is 0 Å². The van der Waals surface area contributed by atoms with Crippen molar-refractivity contribution in [1.29, 1.82) is 0 Å². The van der Waals surface area contributed by atoms with Crippen molar-refractivity contribution in [1.82, 2.24) is 15.0 Å². The molecule has 0 aliphatic carbocycles. The third-order valence-corrected chi connectivity index (χ3v) is 4.28. The summed E-state index contributed by atoms with van der Waals surface area (Å²) in [7, 11) is 0. The van der Waals surface area contributed by atoms with Crippen LogP contribution in [0.1, 0.15) is 39.8 Å². The van der Waals surface area contributed by atoms with Crippen molar-refractivity contribution in [3.63, 3.8) is 0 Å². The first-order valence-electron chi connectivity index (χ1n) is 6.64. The summed E-state index contributed by atoms with van der Waals surface area (Å²) in [5.74, 6) is 1.59. The fraction of sp³-hybridized carbons (Fsp3) is 0.500. The molecule has 0 fully saturated rings. The Bertz CT molecular complexity index is 576. The third kappa shape index (κ3) is 3.35. The van der Waals surface area contributed by atoms with Crippen LogP contribution in [0.25, 0.3) is 10.7 Å². The van der Waals surface area contributed by atoms with Gasteiger partial charge in [-0.05, 0) is 22.4 Å². The highest BCUT2D eigenvalue weighted by Gasteiger charge is 2.23. The summed E-state index contributed by atoms with van der Waals surface area (Å²) in [5, 5.41) is 3.36. The Balaban J connectivity index is 2.54. The topological polar surface area (TPSA) is 50.7 Å². The maximum absolute atomic E-state index is 4.73. The minimum atomic E-state index is -0.0517. The van der Waals surface area contributed by atoms with Gasteiger partial charge in [-0.1, -0.05) is 27.7 Å². The van der Waals surface area contributed by atoms with E-state index in [1.54, 1.807) is 16.8 Å². The molecule has 0 aliphatic rings. The molecule has 0 saturated carbocycles. The SMILES string of the molecule is CCCNc1nc(-c2cncs2)nc(C(C)(C)C)c1Br. The standard InChI is InChI=1S/C14H19BrN4S/c1-5-6-17-13-10(15)11(14(2,3)4)18-12(19-13)9-7-16-8-20-9/h7-8H,5-6H2,1-4H3,(H,17,18,19). The molecule has 0 spiro atoms. The largest absolute Gasteiger partial charge is 0.369 e. The lowest BCUT2D eigenvalue weighted by molar-refractivity contribution is 0.564. The molecule has 1 N–H and O–H groups in total. The molecular weight excluding hydrogens is 336 g/mol. The van der Waals surface area contributed by atoms with Crippen LogP contribution in [-0.2, 0) is 5.41 Å². The maximum atomic E-state index is 4.73. The van der Waals surface area contributed by atoms with E-state index in [9.17, 15) is 0 Å². The van der Waals surface area contributed by atoms with E-state index in [1.165, 1.54) is 0 Å². The van der Waals surface area contributed by atoms with Crippen LogP contribution in [0.2, 0.25) is 0 Å². The molecule has 2 aromatic heterocycles. The second-order valence-electron chi connectivity index (χ2n) is 5.60. The minimum absolute atomic E-state index is 0.0517. The van der Waals surface area contributed by atoms with E-state index >= 15 is 0 Å². The number of anilines is 1. The van der Waals surface area contributed by atoms with Gasteiger partial charge in [0.25, 0.3) is 0 Å². The van der Waals surface area contributed by atoms with Gasteiger partial charge in [0.1, 0.15) is 5.82 Å². The lowest BCUT2D eigenvalue weighted by atomic mass is 9.92. The number of rotatable bonds is 4. The van der Waals surface area contributed by atoms with Gasteiger partial charge in [0.2, 0.25) is 0 Å². The Labute approximate surface area is 132 Å². The van der Waals surface area contributed by atoms with E-state index in [0.717, 1.165) is 39.7 Å². The number of nitrogens with one attached hydrogen (secondary N) is 1. The first-order valence-corrected chi connectivity index (χ1v) is 8.31. The van der Waals surface area contributed by atoms with Crippen LogP contribution in [0.3, 0.4) is 0 Å². The summed E-state index contributed by atoms with van der Waals surface area (Å²) in [5.41, 5.74) is 2.76. The molecule has 0 saturated heterocycles. The first-order chi connectivity index (χ1) is 9.43. The minimum Gasteiger partial charge on any atom is -0.369 e. The summed E-state index contributed by atoms with van der Waals surface area (Å²) < 4.78 is 0.951. The fourth-order valence-electron chi connectivity index (χ4n) is 1.74. The lowest BCUT2D eigenvalue weighted by Gasteiger charge is -2.21. The summed E-state index contributed by atoms with van der Waals surface area (Å²) in [6.45, 7) is 9.48. The third-order valence-electron chi connectivity index (χ3n) is 2.76. The van der Waals surface area contributed by atoms with Crippen LogP contribution in [0.4, 0.5) is 5.82 Å². The van der Waals surface area contributed by atoms with Crippen LogP contribution in [-0.4, -0.2) is 21.5 Å². The van der Waals surface area contributed by atoms with E-state index in [4.69, 9.17) is 4.98 Å². The van der Waals surface area contributed by atoms with Crippen molar-refractivity contribution in [2.45, 2.75) is 39.5 Å². The van der Waals surface area contributed by atoms with Gasteiger partial charge in [-0.15, -0.1) is 11.3 Å². The molecule has 4 nitrogen and oxygen atoms in total. The predicted molar refractivity (Wildman–Crippen MR) is 88.3 cm³/mol. The number of halogens is 1. The zero-order chi connectivity index (χ0) is 14.8. The van der Waals surface area contributed by atoms with E-state index in [1.807, 2.05) is 6.20 Å². The lowest BCUT2D eigenvalue weighted by Crippen LogP contribution is -2.17. The zero-order valence-electron chi connectivity index (χ0n) is 12.2. The number of hydrogen-bond donors (Lipinski definition) is 1. The summed E-state index contributed by atoms with van der Waals surface area (Å²) in [6, 6.07) is 0. The maximum Gasteiger partial charge on any atom is 0.173 e. The average Bonchev–Trinajstić information content (AvgIpc) is 2.90. The van der Waals surface area contributed by atoms with Gasteiger partial charge in [0.05, 0.1) is 20.6 Å². The summed E-state index contributed by atoms with van der Waals surface area (Å²) in [6.07, 6.45) is 2.86. The Morgan fingerprint density at radius 1 is 1.30 bits per heavy atom. The molecule has 0 aromatic carbocycles. The normalized spacial score (nSPS) is 11.7. The molecule has 0 amide bonds. The van der Waals surface area contributed by atoms with Crippen LogP contribution in [0.5, 0.6) is 0 Å². The van der Waals surface area contributed by atoms with Crippen LogP contribution in [0, 0.1) is 0 Å². The highest BCUT2D eigenvalue weighted by Crippen LogP contribution is 2.35. The van der Waals surface area contributed by atoms with Crippen LogP contribution < -0.4 is 5.32 Å². The van der Waals surface area contributed by atoms with Crippen LogP contribution in [0.15, 0.2) is 16.2 Å². The summed E-state index contributed by atoms with van der Waals surface area (Å²) >= 11 is 5.20. The highest BCUT2D eigenvalue weighted by atomic mass is 79.9. The van der Waals surface area contributed by atoms with Crippen molar-refractivity contribution in [3.8, 4) is 10.7 Å². The molecule has 2 aromatic rings. The molecular formula is C14H19BrN4S. The average molecular weight is 355 g/mol. The molecule has 108 valence electrons. The second-order valence-corrected chi connectivity index (χ2v) is 7.28. The molecule has 0 radical (unpaired) electrons. The van der Waals surface area contributed by atoms with Crippen molar-refractivity contribution in [2.24, 2.45) is 0 Å². The van der Waals surface area contributed by atoms with Gasteiger partial charge in [0.15, 0.2) is 5.82 Å². The Morgan fingerprint density at radius 2 is 2.05 bits per heavy atom. The van der Waals surface area contributed by atoms with Crippen molar-refractivity contribution < 1.29 is 0 Å². The number of aromatic nitrogens is 3. The second kappa shape index (κ2) is 6.18. The smallest absolute Gasteiger partial charge is 0.173 e. The molecule has 2 heterocycles. The number of hydrogen-bond acceptors (Lipinski definition) is 5. The van der Waals surface area contributed by atoms with Crippen LogP contribution >= 0.6 is 27.3 Å². The zero-order valence-corrected chi connectivity index (χ0v) is 14.6. The van der Waals surface area contributed by atoms with Gasteiger partial charge in [-0.3, -0.25) is 4.98 Å². The summed E-state index contributed by atoms with van der Waals surface area (Å²) in [4.78, 5) is 14.5. The molecule has 20 heavy (non-hydrogen) atoms. The van der Waals surface area contributed by atoms with E-state index < -0.39 is 0 Å². The molecule has 0 aliphatic heterocycles. The van der Waals surface area contributed by atoms with Gasteiger partial charge < -0.3 is 5.32 Å². The van der Waals surface area contributed by atoms with E-state index in [-0.39, 0.29) is 5.41 Å². The van der Waals surface area contributed by atoms with Crippen molar-refractivity contribution in [3.05, 3.63) is 21.9 Å². The number of nitrogens with zero attached hydrogens (tertiary/aromatic N) is 3. The fourth-order valence-corrected chi connectivity index (χ4v) is 3.21. The van der Waals surface area contributed by atoms with Gasteiger partial charge in [-0.2, -0.15) is 0 Å². The molecule has 2 rings (SSSR count). The molecule has 0 bridgehead atoms. The monoisotopic (exact) mass is 354 g/mol. The van der Waals surface area contributed by atoms with Crippen molar-refractivity contribution in [2.75, 3.05) is 11.9 Å². The van der Waals surface area contributed by atoms with E-state index in [0.29, 0.717) is 0 Å². The van der Waals surface area contributed by atoms with Gasteiger partial charge in [0, 0.05) is 18.2 Å². The molecule has 6 heteroatoms. The van der Waals surface area contributed by atoms with E-state index in [2.05, 4.69) is 58.9 Å². The quantitative estimate of drug-likeness (QED) is 0.878. The highest BCUT2D eigenvalue weighted by molar-refractivity contribution is 9.10.